The Hall–Kier alpha value is -2.45. The van der Waals surface area contributed by atoms with Crippen molar-refractivity contribution in [1.82, 2.24) is 5.32 Å². The maximum atomic E-state index is 14.1. The van der Waals surface area contributed by atoms with Crippen LogP contribution in [-0.2, 0) is 4.74 Å². The molecule has 2 aliphatic rings. The van der Waals surface area contributed by atoms with Crippen molar-refractivity contribution in [3.05, 3.63) is 33.9 Å². The summed E-state index contributed by atoms with van der Waals surface area (Å²) in [6.07, 6.45) is -0.508. The number of anilines is 1. The number of rotatable bonds is 3. The molecule has 9 heteroatoms. The van der Waals surface area contributed by atoms with Gasteiger partial charge < -0.3 is 15.0 Å². The van der Waals surface area contributed by atoms with Gasteiger partial charge in [-0.05, 0) is 20.8 Å². The highest BCUT2D eigenvalue weighted by Gasteiger charge is 2.57. The predicted molar refractivity (Wildman–Crippen MR) is 85.4 cm³/mol. The van der Waals surface area contributed by atoms with Gasteiger partial charge in [0.05, 0.1) is 17.1 Å². The van der Waals surface area contributed by atoms with Gasteiger partial charge in [0, 0.05) is 31.0 Å². The van der Waals surface area contributed by atoms with Gasteiger partial charge in [-0.3, -0.25) is 10.1 Å². The third-order valence-corrected chi connectivity index (χ3v) is 4.41. The zero-order valence-electron chi connectivity index (χ0n) is 14.1. The van der Waals surface area contributed by atoms with Crippen molar-refractivity contribution in [3.8, 4) is 0 Å². The number of fused-ring (bicyclic) bond motifs is 1. The number of alkyl carbamates (subject to hydrolysis) is 1. The number of nitrogens with one attached hydrogen (secondary N) is 1. The summed E-state index contributed by atoms with van der Waals surface area (Å²) in [7, 11) is 0. The Kier molecular flexibility index (Phi) is 4.04. The number of hydrogen-bond donors (Lipinski definition) is 1. The molecule has 1 amide bonds. The van der Waals surface area contributed by atoms with Crippen LogP contribution < -0.4 is 10.2 Å². The number of nitrogens with zero attached hydrogens (tertiary/aromatic N) is 2. The van der Waals surface area contributed by atoms with Gasteiger partial charge in [0.15, 0.2) is 11.6 Å². The Bertz CT molecular complexity index is 700. The minimum absolute atomic E-state index is 0.0738. The van der Waals surface area contributed by atoms with Crippen LogP contribution in [0.4, 0.5) is 25.0 Å². The van der Waals surface area contributed by atoms with Gasteiger partial charge in [-0.1, -0.05) is 0 Å². The van der Waals surface area contributed by atoms with Crippen molar-refractivity contribution in [1.29, 1.82) is 0 Å². The van der Waals surface area contributed by atoms with Gasteiger partial charge >= 0.3 is 6.09 Å². The van der Waals surface area contributed by atoms with Crippen molar-refractivity contribution in [2.24, 2.45) is 11.8 Å². The molecule has 0 spiro atoms. The highest BCUT2D eigenvalue weighted by molar-refractivity contribution is 5.69. The standard InChI is InChI=1S/C16H19F2N3O4/c1-16(2,3)25-15(22)19-13-9-6-20(7-10(9)13)14-11(17)4-8(21(23)24)5-12(14)18/h4-5,9-10,13H,6-7H2,1-3H3,(H,19,22)/t9-,10?,13?/m0/s1. The first-order valence-corrected chi connectivity index (χ1v) is 7.95. The second-order valence-electron chi connectivity index (χ2n) is 7.42. The van der Waals surface area contributed by atoms with Crippen LogP contribution >= 0.6 is 0 Å². The van der Waals surface area contributed by atoms with Crippen LogP contribution in [0.15, 0.2) is 12.1 Å². The van der Waals surface area contributed by atoms with E-state index in [0.29, 0.717) is 13.1 Å². The van der Waals surface area contributed by atoms with Crippen LogP contribution in [0.2, 0.25) is 0 Å². The lowest BCUT2D eigenvalue weighted by Gasteiger charge is -2.24. The Labute approximate surface area is 143 Å². The van der Waals surface area contributed by atoms with Crippen LogP contribution in [0.3, 0.4) is 0 Å². The van der Waals surface area contributed by atoms with E-state index in [0.717, 1.165) is 12.1 Å². The number of benzene rings is 1. The number of ether oxygens (including phenoxy) is 1. The smallest absolute Gasteiger partial charge is 0.407 e. The summed E-state index contributed by atoms with van der Waals surface area (Å²) >= 11 is 0. The van der Waals surface area contributed by atoms with Gasteiger partial charge in [-0.2, -0.15) is 0 Å². The summed E-state index contributed by atoms with van der Waals surface area (Å²) in [4.78, 5) is 23.1. The number of carbonyl (C=O) groups excluding carboxylic acids is 1. The number of piperidine rings is 1. The fraction of sp³-hybridized carbons (Fsp3) is 0.562. The van der Waals surface area contributed by atoms with Crippen molar-refractivity contribution in [2.75, 3.05) is 18.0 Å². The van der Waals surface area contributed by atoms with Gasteiger partial charge in [-0.25, -0.2) is 13.6 Å². The van der Waals surface area contributed by atoms with E-state index in [4.69, 9.17) is 4.74 Å². The third-order valence-electron chi connectivity index (χ3n) is 4.41. The topological polar surface area (TPSA) is 84.7 Å². The van der Waals surface area contributed by atoms with Crippen LogP contribution in [-0.4, -0.2) is 35.7 Å². The van der Waals surface area contributed by atoms with E-state index in [-0.39, 0.29) is 23.6 Å². The summed E-state index contributed by atoms with van der Waals surface area (Å²) in [5, 5.41) is 13.4. The molecule has 1 saturated carbocycles. The highest BCUT2D eigenvalue weighted by atomic mass is 19.1. The fourth-order valence-corrected chi connectivity index (χ4v) is 3.33. The lowest BCUT2D eigenvalue weighted by Crippen LogP contribution is -2.38. The van der Waals surface area contributed by atoms with Crippen LogP contribution in [0.5, 0.6) is 0 Å². The molecule has 1 aromatic carbocycles. The molecule has 0 aromatic heterocycles. The average molecular weight is 355 g/mol. The van der Waals surface area contributed by atoms with Gasteiger partial charge in [0.1, 0.15) is 11.3 Å². The molecule has 1 saturated heterocycles. The first kappa shape index (κ1) is 17.4. The Morgan fingerprint density at radius 1 is 1.28 bits per heavy atom. The first-order valence-electron chi connectivity index (χ1n) is 7.95. The van der Waals surface area contributed by atoms with E-state index in [2.05, 4.69) is 5.32 Å². The molecule has 7 nitrogen and oxygen atoms in total. The predicted octanol–water partition coefficient (Wildman–Crippen LogP) is 2.83. The van der Waals surface area contributed by atoms with Crippen molar-refractivity contribution < 1.29 is 23.2 Å². The number of hydrogen-bond acceptors (Lipinski definition) is 5. The molecule has 3 rings (SSSR count). The Morgan fingerprint density at radius 3 is 2.24 bits per heavy atom. The van der Waals surface area contributed by atoms with Crippen LogP contribution in [0.25, 0.3) is 0 Å². The van der Waals surface area contributed by atoms with Crippen molar-refractivity contribution in [3.63, 3.8) is 0 Å². The lowest BCUT2D eigenvalue weighted by molar-refractivity contribution is -0.385. The number of nitro benzene ring substituents is 1. The second kappa shape index (κ2) is 5.82. The molecule has 0 radical (unpaired) electrons. The molecular weight excluding hydrogens is 336 g/mol. The van der Waals surface area contributed by atoms with Gasteiger partial charge in [0.25, 0.3) is 5.69 Å². The molecule has 1 N–H and O–H groups in total. The van der Waals surface area contributed by atoms with E-state index in [1.807, 2.05) is 0 Å². The molecule has 1 aromatic rings. The van der Waals surface area contributed by atoms with E-state index in [1.54, 1.807) is 20.8 Å². The molecule has 1 aliphatic heterocycles. The minimum Gasteiger partial charge on any atom is -0.444 e. The molecule has 2 fully saturated rings. The minimum atomic E-state index is -0.954. The van der Waals surface area contributed by atoms with Gasteiger partial charge in [-0.15, -0.1) is 0 Å². The van der Waals surface area contributed by atoms with Crippen molar-refractivity contribution in [2.45, 2.75) is 32.4 Å². The summed E-state index contributed by atoms with van der Waals surface area (Å²) < 4.78 is 33.4. The van der Waals surface area contributed by atoms with Crippen LogP contribution in [0, 0.1) is 33.6 Å². The maximum absolute atomic E-state index is 14.1. The number of halogens is 2. The normalized spacial score (nSPS) is 24.7. The molecule has 1 heterocycles. The van der Waals surface area contributed by atoms with Gasteiger partial charge in [0.2, 0.25) is 0 Å². The zero-order valence-corrected chi connectivity index (χ0v) is 14.1. The molecule has 1 aliphatic carbocycles. The van der Waals surface area contributed by atoms with Crippen LogP contribution in [0.1, 0.15) is 20.8 Å². The number of amides is 1. The number of carbonyl (C=O) groups is 1. The summed E-state index contributed by atoms with van der Waals surface area (Å²) in [6, 6.07) is 1.37. The lowest BCUT2D eigenvalue weighted by atomic mass is 10.2. The molecule has 25 heavy (non-hydrogen) atoms. The van der Waals surface area contributed by atoms with E-state index < -0.39 is 33.9 Å². The summed E-state index contributed by atoms with van der Waals surface area (Å²) in [5.41, 5.74) is -1.47. The Morgan fingerprint density at radius 2 is 1.80 bits per heavy atom. The second-order valence-corrected chi connectivity index (χ2v) is 7.42. The SMILES string of the molecule is CC(C)(C)OC(=O)NC1C2CN(c3c(F)cc([N+](=O)[O-])cc3F)C[C@@H]21. The fourth-order valence-electron chi connectivity index (χ4n) is 3.33. The first-order chi connectivity index (χ1) is 11.6. The summed E-state index contributed by atoms with van der Waals surface area (Å²) in [5.74, 6) is -1.74. The molecule has 0 bridgehead atoms. The molecular formula is C16H19F2N3O4. The third kappa shape index (κ3) is 3.49. The zero-order chi connectivity index (χ0) is 18.5. The summed E-state index contributed by atoms with van der Waals surface area (Å²) in [6.45, 7) is 6.04. The largest absolute Gasteiger partial charge is 0.444 e. The molecule has 3 atom stereocenters. The maximum Gasteiger partial charge on any atom is 0.407 e. The van der Waals surface area contributed by atoms with Crippen molar-refractivity contribution >= 4 is 17.5 Å². The average Bonchev–Trinajstić information content (AvgIpc) is 2.90. The molecule has 136 valence electrons. The number of non-ortho nitro benzene ring substituents is 1. The van der Waals surface area contributed by atoms with E-state index in [9.17, 15) is 23.7 Å². The highest BCUT2D eigenvalue weighted by Crippen LogP contribution is 2.48. The number of nitro groups is 1. The Balaban J connectivity index is 1.62. The van der Waals surface area contributed by atoms with E-state index >= 15 is 0 Å². The quantitative estimate of drug-likeness (QED) is 0.666. The molecule has 2 unspecified atom stereocenters. The van der Waals surface area contributed by atoms with E-state index in [1.165, 1.54) is 4.90 Å². The monoisotopic (exact) mass is 355 g/mol.